The van der Waals surface area contributed by atoms with Crippen LogP contribution in [-0.4, -0.2) is 27.4 Å². The molecule has 0 saturated heterocycles. The number of carbonyl (C=O) groups is 1. The van der Waals surface area contributed by atoms with Crippen LogP contribution < -0.4 is 9.62 Å². The summed E-state index contributed by atoms with van der Waals surface area (Å²) in [4.78, 5) is 15.9. The molecule has 5 nitrogen and oxygen atoms in total. The molecule has 27 heavy (non-hydrogen) atoms. The van der Waals surface area contributed by atoms with Crippen LogP contribution in [0.1, 0.15) is 37.1 Å². The zero-order valence-corrected chi connectivity index (χ0v) is 17.2. The molecule has 1 N–H and O–H groups in total. The van der Waals surface area contributed by atoms with E-state index >= 15 is 0 Å². The molecule has 144 valence electrons. The first-order chi connectivity index (χ1) is 12.8. The molecule has 1 aliphatic carbocycles. The predicted octanol–water partition coefficient (Wildman–Crippen LogP) is 3.30. The van der Waals surface area contributed by atoms with Gasteiger partial charge in [-0.25, -0.2) is 13.1 Å². The summed E-state index contributed by atoms with van der Waals surface area (Å²) in [6, 6.07) is 9.11. The largest absolute Gasteiger partial charge is 0.311 e. The zero-order valence-electron chi connectivity index (χ0n) is 15.6. The van der Waals surface area contributed by atoms with E-state index in [-0.39, 0.29) is 22.1 Å². The number of nitrogens with zero attached hydrogens (tertiary/aromatic N) is 1. The molecular weight excluding hydrogens is 380 g/mol. The van der Waals surface area contributed by atoms with Crippen molar-refractivity contribution in [3.05, 3.63) is 46.2 Å². The maximum Gasteiger partial charge on any atom is 0.240 e. The monoisotopic (exact) mass is 404 g/mol. The van der Waals surface area contributed by atoms with Gasteiger partial charge in [0.25, 0.3) is 0 Å². The number of hydrogen-bond acceptors (Lipinski definition) is 4. The summed E-state index contributed by atoms with van der Waals surface area (Å²) in [7, 11) is -3.58. The standard InChI is InChI=1S/C20H24N2O3S2/c1-20(2)13-22(19(23)14-5-6-14)18-8-7-16(12-17(18)20)27(24,25)21-10-9-15-4-3-11-26-15/h3-4,7-8,11-12,14,21H,5-6,9-10,13H2,1-2H3. The SMILES string of the molecule is CC1(C)CN(C(=O)C2CC2)c2ccc(S(=O)(=O)NCCc3cccs3)cc21. The molecular formula is C20H24N2O3S2. The molecule has 0 bridgehead atoms. The molecule has 1 fully saturated rings. The van der Waals surface area contributed by atoms with Crippen molar-refractivity contribution in [1.82, 2.24) is 4.72 Å². The lowest BCUT2D eigenvalue weighted by Crippen LogP contribution is -2.34. The molecule has 0 atom stereocenters. The number of nitrogens with one attached hydrogen (secondary N) is 1. The number of carbonyl (C=O) groups excluding carboxylic acids is 1. The van der Waals surface area contributed by atoms with Gasteiger partial charge in [-0.2, -0.15) is 0 Å². The molecule has 1 saturated carbocycles. The summed E-state index contributed by atoms with van der Waals surface area (Å²) in [6.07, 6.45) is 2.61. The van der Waals surface area contributed by atoms with Gasteiger partial charge in [0.15, 0.2) is 0 Å². The van der Waals surface area contributed by atoms with Gasteiger partial charge in [-0.1, -0.05) is 19.9 Å². The van der Waals surface area contributed by atoms with E-state index in [1.165, 1.54) is 0 Å². The van der Waals surface area contributed by atoms with Crippen molar-refractivity contribution in [1.29, 1.82) is 0 Å². The smallest absolute Gasteiger partial charge is 0.240 e. The normalized spacial score (nSPS) is 18.5. The third-order valence-electron chi connectivity index (χ3n) is 5.29. The number of thiophene rings is 1. The van der Waals surface area contributed by atoms with E-state index in [0.717, 1.165) is 29.0 Å². The molecule has 2 heterocycles. The van der Waals surface area contributed by atoms with Gasteiger partial charge in [0.05, 0.1) is 4.90 Å². The van der Waals surface area contributed by atoms with Crippen LogP contribution in [0.15, 0.2) is 40.6 Å². The summed E-state index contributed by atoms with van der Waals surface area (Å²) in [5.41, 5.74) is 1.52. The fourth-order valence-corrected chi connectivity index (χ4v) is 5.39. The fraction of sp³-hybridized carbons (Fsp3) is 0.450. The van der Waals surface area contributed by atoms with Crippen LogP contribution in [0.25, 0.3) is 0 Å². The van der Waals surface area contributed by atoms with Crippen molar-refractivity contribution in [3.8, 4) is 0 Å². The van der Waals surface area contributed by atoms with Gasteiger partial charge in [0.2, 0.25) is 15.9 Å². The number of fused-ring (bicyclic) bond motifs is 1. The Morgan fingerprint density at radius 2 is 2.07 bits per heavy atom. The minimum absolute atomic E-state index is 0.147. The van der Waals surface area contributed by atoms with E-state index in [4.69, 9.17) is 0 Å². The molecule has 1 amide bonds. The van der Waals surface area contributed by atoms with Crippen LogP contribution in [0, 0.1) is 5.92 Å². The van der Waals surface area contributed by atoms with E-state index < -0.39 is 10.0 Å². The molecule has 7 heteroatoms. The Morgan fingerprint density at radius 3 is 2.74 bits per heavy atom. The fourth-order valence-electron chi connectivity index (χ4n) is 3.62. The molecule has 0 spiro atoms. The lowest BCUT2D eigenvalue weighted by molar-refractivity contribution is -0.119. The van der Waals surface area contributed by atoms with Crippen molar-refractivity contribution < 1.29 is 13.2 Å². The van der Waals surface area contributed by atoms with Crippen molar-refractivity contribution >= 4 is 33.0 Å². The third kappa shape index (κ3) is 3.68. The van der Waals surface area contributed by atoms with Crippen LogP contribution in [0.2, 0.25) is 0 Å². The number of anilines is 1. The summed E-state index contributed by atoms with van der Waals surface area (Å²) >= 11 is 1.62. The highest BCUT2D eigenvalue weighted by Gasteiger charge is 2.43. The molecule has 0 unspecified atom stereocenters. The Morgan fingerprint density at radius 1 is 1.30 bits per heavy atom. The minimum atomic E-state index is -3.58. The summed E-state index contributed by atoms with van der Waals surface area (Å²) in [5, 5.41) is 1.99. The van der Waals surface area contributed by atoms with Gasteiger partial charge in [0.1, 0.15) is 0 Å². The average Bonchev–Trinajstić information content (AvgIpc) is 3.28. The lowest BCUT2D eigenvalue weighted by atomic mass is 9.87. The summed E-state index contributed by atoms with van der Waals surface area (Å²) < 4.78 is 28.1. The predicted molar refractivity (Wildman–Crippen MR) is 108 cm³/mol. The Labute approximate surface area is 164 Å². The number of benzene rings is 1. The quantitative estimate of drug-likeness (QED) is 0.803. The van der Waals surface area contributed by atoms with Crippen molar-refractivity contribution in [2.75, 3.05) is 18.0 Å². The Bertz CT molecular complexity index is 961. The lowest BCUT2D eigenvalue weighted by Gasteiger charge is -2.20. The van der Waals surface area contributed by atoms with Gasteiger partial charge in [-0.05, 0) is 54.5 Å². The Balaban J connectivity index is 1.55. The van der Waals surface area contributed by atoms with E-state index in [1.807, 2.05) is 22.4 Å². The first-order valence-electron chi connectivity index (χ1n) is 9.26. The van der Waals surface area contributed by atoms with Gasteiger partial charge in [-0.15, -0.1) is 11.3 Å². The third-order valence-corrected chi connectivity index (χ3v) is 7.68. The number of rotatable bonds is 6. The van der Waals surface area contributed by atoms with Crippen LogP contribution >= 0.6 is 11.3 Å². The highest BCUT2D eigenvalue weighted by Crippen LogP contribution is 2.44. The van der Waals surface area contributed by atoms with Crippen LogP contribution in [0.5, 0.6) is 0 Å². The van der Waals surface area contributed by atoms with Crippen molar-refractivity contribution in [3.63, 3.8) is 0 Å². The molecule has 1 aliphatic heterocycles. The Kier molecular flexibility index (Phi) is 4.64. The number of sulfonamides is 1. The van der Waals surface area contributed by atoms with Gasteiger partial charge in [0, 0.05) is 35.0 Å². The first kappa shape index (κ1) is 18.7. The maximum absolute atomic E-state index is 12.7. The highest BCUT2D eigenvalue weighted by atomic mass is 32.2. The van der Waals surface area contributed by atoms with Crippen LogP contribution in [-0.2, 0) is 26.7 Å². The second-order valence-corrected chi connectivity index (χ2v) is 10.8. The zero-order chi connectivity index (χ0) is 19.2. The molecule has 0 radical (unpaired) electrons. The summed E-state index contributed by atoms with van der Waals surface area (Å²) in [6.45, 7) is 5.10. The van der Waals surface area contributed by atoms with Crippen molar-refractivity contribution in [2.24, 2.45) is 5.92 Å². The van der Waals surface area contributed by atoms with Gasteiger partial charge < -0.3 is 4.90 Å². The molecule has 1 aromatic heterocycles. The van der Waals surface area contributed by atoms with Gasteiger partial charge >= 0.3 is 0 Å². The molecule has 1 aromatic carbocycles. The van der Waals surface area contributed by atoms with E-state index in [2.05, 4.69) is 18.6 Å². The molecule has 2 aliphatic rings. The number of hydrogen-bond donors (Lipinski definition) is 1. The van der Waals surface area contributed by atoms with E-state index in [1.54, 1.807) is 29.5 Å². The highest BCUT2D eigenvalue weighted by molar-refractivity contribution is 7.89. The van der Waals surface area contributed by atoms with Crippen LogP contribution in [0.3, 0.4) is 0 Å². The molecule has 4 rings (SSSR count). The van der Waals surface area contributed by atoms with Crippen molar-refractivity contribution in [2.45, 2.75) is 43.4 Å². The topological polar surface area (TPSA) is 66.5 Å². The minimum Gasteiger partial charge on any atom is -0.311 e. The number of amides is 1. The van der Waals surface area contributed by atoms with Gasteiger partial charge in [-0.3, -0.25) is 4.79 Å². The first-order valence-corrected chi connectivity index (χ1v) is 11.6. The molecule has 2 aromatic rings. The van der Waals surface area contributed by atoms with E-state index in [0.29, 0.717) is 19.5 Å². The second-order valence-electron chi connectivity index (χ2n) is 7.99. The summed E-state index contributed by atoms with van der Waals surface area (Å²) in [5.74, 6) is 0.320. The van der Waals surface area contributed by atoms with E-state index in [9.17, 15) is 13.2 Å². The Hall–Kier alpha value is -1.70. The maximum atomic E-state index is 12.7. The average molecular weight is 405 g/mol. The second kappa shape index (κ2) is 6.72. The van der Waals surface area contributed by atoms with Crippen LogP contribution in [0.4, 0.5) is 5.69 Å².